The van der Waals surface area contributed by atoms with Crippen LogP contribution in [0.1, 0.15) is 98.3 Å². The van der Waals surface area contributed by atoms with Crippen LogP contribution in [0.5, 0.6) is 0 Å². The first-order valence-electron chi connectivity index (χ1n) is 14.7. The predicted octanol–water partition coefficient (Wildman–Crippen LogP) is 6.67. The molecule has 0 aliphatic heterocycles. The molecule has 4 nitrogen and oxygen atoms in total. The van der Waals surface area contributed by atoms with E-state index < -0.39 is 17.6 Å². The van der Waals surface area contributed by atoms with E-state index in [0.29, 0.717) is 48.5 Å². The molecule has 4 aliphatic carbocycles. The van der Waals surface area contributed by atoms with E-state index in [1.165, 1.54) is 24.8 Å². The van der Waals surface area contributed by atoms with Crippen LogP contribution < -0.4 is 0 Å². The molecule has 204 valence electrons. The Hall–Kier alpha value is -1.78. The first-order valence-corrected chi connectivity index (χ1v) is 14.7. The van der Waals surface area contributed by atoms with Crippen molar-refractivity contribution in [2.24, 2.45) is 34.5 Å². The summed E-state index contributed by atoms with van der Waals surface area (Å²) in [5.41, 5.74) is 2.61. The lowest BCUT2D eigenvalue weighted by Crippen LogP contribution is -2.35. The standard InChI is InChI=1S/C33H48O4/c1-21(2)8-14-30(36)33(17-18-33)31(37)15-9-22(3)26-12-13-27-25(7-6-16-32(26,27)5)11-10-24-19-28(34)23(4)29(35)20-24/h9-11,15,21-22,26-29,34-35H,4,6-8,12-14,16-20H2,1-3,5H3/b15-9+,25-11+/t22-,26-,27+,28-,29-,32-/m1/s1. The molecule has 4 rings (SSSR count). The number of aliphatic hydroxyl groups is 2. The van der Waals surface area contributed by atoms with Crippen LogP contribution in [-0.2, 0) is 9.59 Å². The third-order valence-electron chi connectivity index (χ3n) is 10.2. The molecule has 0 radical (unpaired) electrons. The number of carbonyl (C=O) groups excluding carboxylic acids is 2. The smallest absolute Gasteiger partial charge is 0.168 e. The Kier molecular flexibility index (Phi) is 8.50. The first-order chi connectivity index (χ1) is 17.5. The monoisotopic (exact) mass is 508 g/mol. The van der Waals surface area contributed by atoms with E-state index in [1.807, 2.05) is 0 Å². The summed E-state index contributed by atoms with van der Waals surface area (Å²) >= 11 is 0. The highest BCUT2D eigenvalue weighted by Crippen LogP contribution is 2.59. The van der Waals surface area contributed by atoms with Gasteiger partial charge in [0.15, 0.2) is 5.78 Å². The Morgan fingerprint density at radius 1 is 1.05 bits per heavy atom. The summed E-state index contributed by atoms with van der Waals surface area (Å²) in [6.07, 6.45) is 16.7. The van der Waals surface area contributed by atoms with Gasteiger partial charge in [-0.1, -0.05) is 63.6 Å². The minimum Gasteiger partial charge on any atom is -0.388 e. The van der Waals surface area contributed by atoms with Crippen molar-refractivity contribution in [2.45, 2.75) is 111 Å². The van der Waals surface area contributed by atoms with Gasteiger partial charge in [0.25, 0.3) is 0 Å². The average Bonchev–Trinajstić information content (AvgIpc) is 3.59. The average molecular weight is 509 g/mol. The molecule has 6 atom stereocenters. The van der Waals surface area contributed by atoms with Crippen LogP contribution in [0, 0.1) is 34.5 Å². The second-order valence-electron chi connectivity index (χ2n) is 13.2. The molecule has 0 aromatic rings. The first kappa shape index (κ1) is 28.2. The van der Waals surface area contributed by atoms with Crippen molar-refractivity contribution in [3.63, 3.8) is 0 Å². The van der Waals surface area contributed by atoms with Gasteiger partial charge in [0.05, 0.1) is 17.6 Å². The lowest BCUT2D eigenvalue weighted by molar-refractivity contribution is -0.132. The van der Waals surface area contributed by atoms with E-state index >= 15 is 0 Å². The van der Waals surface area contributed by atoms with Gasteiger partial charge in [-0.2, -0.15) is 0 Å². The maximum absolute atomic E-state index is 13.1. The maximum Gasteiger partial charge on any atom is 0.168 e. The van der Waals surface area contributed by atoms with Gasteiger partial charge >= 0.3 is 0 Å². The van der Waals surface area contributed by atoms with E-state index in [4.69, 9.17) is 0 Å². The molecule has 0 saturated heterocycles. The zero-order valence-electron chi connectivity index (χ0n) is 23.5. The fourth-order valence-electron chi connectivity index (χ4n) is 7.55. The van der Waals surface area contributed by atoms with E-state index in [2.05, 4.69) is 52.5 Å². The van der Waals surface area contributed by atoms with Gasteiger partial charge in [0.1, 0.15) is 5.78 Å². The molecule has 0 spiro atoms. The van der Waals surface area contributed by atoms with E-state index in [-0.39, 0.29) is 17.0 Å². The molecule has 0 bridgehead atoms. The number of aliphatic hydroxyl groups excluding tert-OH is 2. The Labute approximate surface area is 224 Å². The number of hydrogen-bond donors (Lipinski definition) is 2. The van der Waals surface area contributed by atoms with Crippen molar-refractivity contribution in [2.75, 3.05) is 0 Å². The topological polar surface area (TPSA) is 74.6 Å². The molecular weight excluding hydrogens is 460 g/mol. The minimum atomic E-state index is -0.714. The fourth-order valence-corrected chi connectivity index (χ4v) is 7.55. The highest BCUT2D eigenvalue weighted by atomic mass is 16.3. The van der Waals surface area contributed by atoms with Gasteiger partial charge in [-0.15, -0.1) is 0 Å². The summed E-state index contributed by atoms with van der Waals surface area (Å²) in [5.74, 6) is 2.01. The highest BCUT2D eigenvalue weighted by molar-refractivity contribution is 6.14. The molecule has 4 aliphatic rings. The molecule has 0 aromatic carbocycles. The summed E-state index contributed by atoms with van der Waals surface area (Å²) < 4.78 is 0. The molecule has 0 unspecified atom stereocenters. The van der Waals surface area contributed by atoms with Gasteiger partial charge < -0.3 is 10.2 Å². The molecule has 4 saturated carbocycles. The van der Waals surface area contributed by atoms with Gasteiger partial charge in [-0.25, -0.2) is 0 Å². The van der Waals surface area contributed by atoms with Crippen LogP contribution >= 0.6 is 0 Å². The van der Waals surface area contributed by atoms with Crippen molar-refractivity contribution in [1.82, 2.24) is 0 Å². The molecule has 0 heterocycles. The second kappa shape index (κ2) is 11.1. The summed E-state index contributed by atoms with van der Waals surface area (Å²) in [6, 6.07) is 0. The van der Waals surface area contributed by atoms with Gasteiger partial charge in [0.2, 0.25) is 0 Å². The maximum atomic E-state index is 13.1. The van der Waals surface area contributed by atoms with E-state index in [0.717, 1.165) is 37.7 Å². The number of fused-ring (bicyclic) bond motifs is 1. The summed E-state index contributed by atoms with van der Waals surface area (Å²) in [4.78, 5) is 25.9. The predicted molar refractivity (Wildman–Crippen MR) is 149 cm³/mol. The number of ketones is 2. The largest absolute Gasteiger partial charge is 0.388 e. The zero-order valence-corrected chi connectivity index (χ0v) is 23.5. The number of carbonyl (C=O) groups is 2. The van der Waals surface area contributed by atoms with Crippen LogP contribution in [0.3, 0.4) is 0 Å². The van der Waals surface area contributed by atoms with Gasteiger partial charge in [-0.3, -0.25) is 9.59 Å². The third-order valence-corrected chi connectivity index (χ3v) is 10.2. The van der Waals surface area contributed by atoms with Crippen LogP contribution in [0.25, 0.3) is 0 Å². The Balaban J connectivity index is 1.41. The van der Waals surface area contributed by atoms with Crippen LogP contribution in [-0.4, -0.2) is 34.0 Å². The van der Waals surface area contributed by atoms with Crippen LogP contribution in [0.4, 0.5) is 0 Å². The SMILES string of the molecule is C=C1[C@H](O)CC(=C/C=C2\CCC[C@]3(C)[C@@H]([C@H](C)/C=C/C(=O)C4(C(=O)CCC(C)C)CC4)CC[C@@H]23)C[C@H]1O. The minimum absolute atomic E-state index is 0.0307. The summed E-state index contributed by atoms with van der Waals surface area (Å²) in [6.45, 7) is 12.8. The van der Waals surface area contributed by atoms with Gasteiger partial charge in [0, 0.05) is 6.42 Å². The molecule has 4 heteroatoms. The Bertz CT molecular complexity index is 978. The summed E-state index contributed by atoms with van der Waals surface area (Å²) in [7, 11) is 0. The lowest BCUT2D eigenvalue weighted by atomic mass is 9.61. The number of rotatable bonds is 9. The normalized spacial score (nSPS) is 35.2. The van der Waals surface area contributed by atoms with Crippen molar-refractivity contribution in [3.05, 3.63) is 47.6 Å². The molecule has 0 aromatic heterocycles. The fraction of sp³-hybridized carbons (Fsp3) is 0.697. The van der Waals surface area contributed by atoms with E-state index in [9.17, 15) is 19.8 Å². The molecule has 4 fully saturated rings. The quantitative estimate of drug-likeness (QED) is 0.207. The van der Waals surface area contributed by atoms with E-state index in [1.54, 1.807) is 6.08 Å². The zero-order chi connectivity index (χ0) is 27.0. The van der Waals surface area contributed by atoms with Crippen molar-refractivity contribution in [3.8, 4) is 0 Å². The highest BCUT2D eigenvalue weighted by Gasteiger charge is 2.54. The number of Topliss-reactive ketones (excluding diaryl/α,β-unsaturated/α-hetero) is 1. The van der Waals surface area contributed by atoms with Crippen LogP contribution in [0.15, 0.2) is 47.6 Å². The lowest BCUT2D eigenvalue weighted by Gasteiger charge is -2.44. The second-order valence-corrected chi connectivity index (χ2v) is 13.2. The Morgan fingerprint density at radius 3 is 2.35 bits per heavy atom. The van der Waals surface area contributed by atoms with Crippen molar-refractivity contribution in [1.29, 1.82) is 0 Å². The summed E-state index contributed by atoms with van der Waals surface area (Å²) in [5, 5.41) is 20.4. The molecule has 0 amide bonds. The molecular formula is C33H48O4. The molecule has 37 heavy (non-hydrogen) atoms. The van der Waals surface area contributed by atoms with Crippen LogP contribution in [0.2, 0.25) is 0 Å². The van der Waals surface area contributed by atoms with Crippen molar-refractivity contribution >= 4 is 11.6 Å². The number of allylic oxidation sites excluding steroid dienone is 5. The number of hydrogen-bond acceptors (Lipinski definition) is 4. The molecule has 2 N–H and O–H groups in total. The van der Waals surface area contributed by atoms with Gasteiger partial charge in [-0.05, 0) is 105 Å². The van der Waals surface area contributed by atoms with Crippen molar-refractivity contribution < 1.29 is 19.8 Å². The Morgan fingerprint density at radius 2 is 1.73 bits per heavy atom. The third kappa shape index (κ3) is 5.81.